The minimum atomic E-state index is 0. The van der Waals surface area contributed by atoms with Gasteiger partial charge in [0.2, 0.25) is 0 Å². The Hall–Kier alpha value is -0.0757. The molecule has 17 heavy (non-hydrogen) atoms. The molecule has 0 atom stereocenters. The predicted octanol–water partition coefficient (Wildman–Crippen LogP) is 0.392. The molecule has 0 aliphatic heterocycles. The summed E-state index contributed by atoms with van der Waals surface area (Å²) in [5.41, 5.74) is 0. The average Bonchev–Trinajstić information content (AvgIpc) is 2.99. The van der Waals surface area contributed by atoms with Crippen LogP contribution in [0, 0.1) is 12.2 Å². The molecular formula is C14H20ClOTi. The van der Waals surface area contributed by atoms with E-state index in [0.29, 0.717) is 6.61 Å². The number of rotatable bonds is 2. The predicted molar refractivity (Wildman–Crippen MR) is 65.1 cm³/mol. The number of aliphatic hydroxyl groups is 1. The molecule has 0 aromatic rings. The molecule has 2 aliphatic carbocycles. The smallest absolute Gasteiger partial charge is 1.00 e. The summed E-state index contributed by atoms with van der Waals surface area (Å²) in [6, 6.07) is 0. The maximum atomic E-state index is 8.07. The molecule has 1 N–H and O–H groups in total. The van der Waals surface area contributed by atoms with Crippen molar-refractivity contribution >= 4 is 0 Å². The van der Waals surface area contributed by atoms with Crippen LogP contribution in [0.15, 0.2) is 36.5 Å². The summed E-state index contributed by atoms with van der Waals surface area (Å²) in [4.78, 5) is 0. The van der Waals surface area contributed by atoms with E-state index in [2.05, 4.69) is 31.2 Å². The van der Waals surface area contributed by atoms with Crippen molar-refractivity contribution in [2.24, 2.45) is 0 Å². The van der Waals surface area contributed by atoms with E-state index in [4.69, 9.17) is 5.11 Å². The molecule has 0 saturated carbocycles. The van der Waals surface area contributed by atoms with E-state index in [1.807, 2.05) is 24.3 Å². The van der Waals surface area contributed by atoms with Crippen molar-refractivity contribution in [2.45, 2.75) is 32.6 Å². The first-order valence-electron chi connectivity index (χ1n) is 5.46. The van der Waals surface area contributed by atoms with E-state index in [1.165, 1.54) is 0 Å². The number of unbranched alkanes of at least 4 members (excludes halogenated alkanes) is 1. The third-order valence-electron chi connectivity index (χ3n) is 1.68. The molecular weight excluding hydrogens is 267 g/mol. The van der Waals surface area contributed by atoms with Crippen LogP contribution in [0.1, 0.15) is 32.6 Å². The van der Waals surface area contributed by atoms with Gasteiger partial charge in [-0.1, -0.05) is 13.3 Å². The van der Waals surface area contributed by atoms with Gasteiger partial charge in [-0.3, -0.25) is 12.2 Å². The minimum Gasteiger partial charge on any atom is -1.00 e. The second kappa shape index (κ2) is 21.2. The molecule has 1 radical (unpaired) electrons. The first kappa shape index (κ1) is 22.1. The molecule has 0 amide bonds. The third-order valence-corrected chi connectivity index (χ3v) is 1.68. The number of aliphatic hydroxyl groups excluding tert-OH is 1. The van der Waals surface area contributed by atoms with Gasteiger partial charge in [0.05, 0.1) is 0 Å². The summed E-state index contributed by atoms with van der Waals surface area (Å²) in [5, 5.41) is 8.07. The maximum Gasteiger partial charge on any atom is 3.00 e. The number of halogens is 1. The average molecular weight is 288 g/mol. The monoisotopic (exact) mass is 287 g/mol. The van der Waals surface area contributed by atoms with E-state index >= 15 is 0 Å². The van der Waals surface area contributed by atoms with Crippen LogP contribution in [-0.4, -0.2) is 11.7 Å². The largest absolute Gasteiger partial charge is 3.00 e. The van der Waals surface area contributed by atoms with E-state index in [9.17, 15) is 0 Å². The Balaban J connectivity index is -0.000000163. The zero-order valence-corrected chi connectivity index (χ0v) is 12.6. The van der Waals surface area contributed by atoms with Crippen LogP contribution in [0.4, 0.5) is 0 Å². The fraction of sp³-hybridized carbons (Fsp3) is 0.429. The molecule has 0 bridgehead atoms. The molecule has 0 fully saturated rings. The van der Waals surface area contributed by atoms with Crippen LogP contribution in [0.3, 0.4) is 0 Å². The number of allylic oxidation sites excluding steroid dienone is 8. The fourth-order valence-corrected chi connectivity index (χ4v) is 0.839. The standard InChI is InChI=1S/2C5H5.C4H10O.ClH.Ti/c2*1-2-4-5-3-1;1-2-3-4-5;;/h2*1-3H,4H2;5H,2-4H2,1H3;1H;/q2*-1;;;+3/p-1. The fourth-order valence-electron chi connectivity index (χ4n) is 0.839. The quantitative estimate of drug-likeness (QED) is 0.575. The summed E-state index contributed by atoms with van der Waals surface area (Å²) in [7, 11) is 0. The van der Waals surface area contributed by atoms with Crippen LogP contribution in [0.5, 0.6) is 0 Å². The van der Waals surface area contributed by atoms with Crippen LogP contribution < -0.4 is 12.4 Å². The van der Waals surface area contributed by atoms with Gasteiger partial charge in [0, 0.05) is 6.61 Å². The van der Waals surface area contributed by atoms with Crippen molar-refractivity contribution in [1.29, 1.82) is 0 Å². The van der Waals surface area contributed by atoms with E-state index in [0.717, 1.165) is 25.7 Å². The van der Waals surface area contributed by atoms with Crippen molar-refractivity contribution in [3.8, 4) is 0 Å². The zero-order valence-electron chi connectivity index (χ0n) is 10.3. The van der Waals surface area contributed by atoms with Crippen LogP contribution in [-0.2, 0) is 21.7 Å². The van der Waals surface area contributed by atoms with Gasteiger partial charge in [-0.2, -0.15) is 12.2 Å². The third kappa shape index (κ3) is 21.7. The Bertz CT molecular complexity index is 188. The maximum absolute atomic E-state index is 8.07. The number of hydrogen-bond donors (Lipinski definition) is 1. The van der Waals surface area contributed by atoms with Crippen LogP contribution >= 0.6 is 0 Å². The van der Waals surface area contributed by atoms with E-state index in [-0.39, 0.29) is 34.1 Å². The van der Waals surface area contributed by atoms with Crippen molar-refractivity contribution in [3.63, 3.8) is 0 Å². The molecule has 93 valence electrons. The van der Waals surface area contributed by atoms with Crippen molar-refractivity contribution < 1.29 is 39.2 Å². The van der Waals surface area contributed by atoms with Crippen LogP contribution in [0.25, 0.3) is 0 Å². The Morgan fingerprint density at radius 2 is 1.53 bits per heavy atom. The van der Waals surface area contributed by atoms with Crippen LogP contribution in [0.2, 0.25) is 0 Å². The topological polar surface area (TPSA) is 20.2 Å². The molecule has 0 saturated heterocycles. The van der Waals surface area contributed by atoms with Gasteiger partial charge < -0.3 is 17.5 Å². The first-order chi connectivity index (χ1) is 7.41. The Labute approximate surface area is 127 Å². The summed E-state index contributed by atoms with van der Waals surface area (Å²) < 4.78 is 0. The number of hydrogen-bond acceptors (Lipinski definition) is 1. The van der Waals surface area contributed by atoms with Crippen molar-refractivity contribution in [3.05, 3.63) is 48.6 Å². The zero-order chi connectivity index (χ0) is 11.2. The van der Waals surface area contributed by atoms with Gasteiger partial charge in [-0.25, -0.2) is 24.3 Å². The molecule has 2 aliphatic rings. The normalized spacial score (nSPS) is 12.8. The summed E-state index contributed by atoms with van der Waals surface area (Å²) in [5.74, 6) is 0. The Morgan fingerprint density at radius 3 is 1.59 bits per heavy atom. The Morgan fingerprint density at radius 1 is 1.06 bits per heavy atom. The summed E-state index contributed by atoms with van der Waals surface area (Å²) >= 11 is 0. The molecule has 0 spiro atoms. The molecule has 0 heterocycles. The second-order valence-corrected chi connectivity index (χ2v) is 3.08. The molecule has 2 rings (SSSR count). The minimum absolute atomic E-state index is 0. The summed E-state index contributed by atoms with van der Waals surface area (Å²) in [6.45, 7) is 2.40. The van der Waals surface area contributed by atoms with Gasteiger partial charge in [0.25, 0.3) is 0 Å². The molecule has 0 aromatic heterocycles. The molecule has 1 nitrogen and oxygen atoms in total. The van der Waals surface area contributed by atoms with Gasteiger partial charge in [0.1, 0.15) is 0 Å². The van der Waals surface area contributed by atoms with E-state index < -0.39 is 0 Å². The molecule has 0 unspecified atom stereocenters. The van der Waals surface area contributed by atoms with Gasteiger partial charge in [-0.05, 0) is 6.42 Å². The van der Waals surface area contributed by atoms with Crippen molar-refractivity contribution in [2.75, 3.05) is 6.61 Å². The van der Waals surface area contributed by atoms with Gasteiger partial charge >= 0.3 is 21.7 Å². The van der Waals surface area contributed by atoms with Gasteiger partial charge in [0.15, 0.2) is 0 Å². The summed E-state index contributed by atoms with van der Waals surface area (Å²) in [6.07, 6.45) is 22.0. The second-order valence-electron chi connectivity index (χ2n) is 3.08. The van der Waals surface area contributed by atoms with E-state index in [1.54, 1.807) is 0 Å². The first-order valence-corrected chi connectivity index (χ1v) is 5.46. The Kier molecular flexibility index (Phi) is 27.6. The molecule has 3 heteroatoms. The van der Waals surface area contributed by atoms with Crippen molar-refractivity contribution in [1.82, 2.24) is 0 Å². The molecule has 0 aromatic carbocycles. The van der Waals surface area contributed by atoms with Gasteiger partial charge in [-0.15, -0.1) is 12.8 Å². The SMILES string of the molecule is CCCCO.[C-]1=CC=CC1.[C-]1=CC=CC1.[Cl-].[Ti+3].